The third-order valence-corrected chi connectivity index (χ3v) is 4.57. The van der Waals surface area contributed by atoms with Crippen LogP contribution in [0.4, 0.5) is 5.69 Å². The maximum absolute atomic E-state index is 12.4. The van der Waals surface area contributed by atoms with Gasteiger partial charge in [0.1, 0.15) is 0 Å². The molecule has 0 unspecified atom stereocenters. The number of amides is 1. The molecule has 1 aromatic carbocycles. The molecule has 2 aromatic heterocycles. The topological polar surface area (TPSA) is 101 Å². The average Bonchev–Trinajstić information content (AvgIpc) is 3.11. The molecule has 0 bridgehead atoms. The number of thioether (sulfide) groups is 1. The standard InChI is InChI=1S/C18H17N5O2S/c1-11(24)14-4-3-5-15(10-14)20-17(25)12(2)26-18-21-16(22-23-18)13-6-8-19-9-7-13/h3-10,12H,1-2H3,(H,20,25)(H,21,22,23)/t12-/m1/s1. The second-order valence-corrected chi connectivity index (χ2v) is 6.90. The molecule has 8 heteroatoms. The number of H-pyrrole nitrogens is 1. The van der Waals surface area contributed by atoms with Crippen molar-refractivity contribution in [3.05, 3.63) is 54.4 Å². The summed E-state index contributed by atoms with van der Waals surface area (Å²) in [4.78, 5) is 32.2. The van der Waals surface area contributed by atoms with Crippen LogP contribution in [0.15, 0.2) is 53.9 Å². The first-order chi connectivity index (χ1) is 12.5. The van der Waals surface area contributed by atoms with Gasteiger partial charge in [-0.1, -0.05) is 23.9 Å². The first-order valence-electron chi connectivity index (χ1n) is 7.94. The third-order valence-electron chi connectivity index (χ3n) is 3.61. The van der Waals surface area contributed by atoms with Crippen molar-refractivity contribution < 1.29 is 9.59 Å². The molecule has 3 rings (SSSR count). The highest BCUT2D eigenvalue weighted by atomic mass is 32.2. The van der Waals surface area contributed by atoms with Crippen molar-refractivity contribution in [2.45, 2.75) is 24.3 Å². The van der Waals surface area contributed by atoms with Gasteiger partial charge in [0.15, 0.2) is 11.6 Å². The number of pyridine rings is 1. The zero-order valence-corrected chi connectivity index (χ0v) is 15.1. The highest BCUT2D eigenvalue weighted by Crippen LogP contribution is 2.23. The molecule has 0 aliphatic rings. The summed E-state index contributed by atoms with van der Waals surface area (Å²) >= 11 is 1.25. The van der Waals surface area contributed by atoms with E-state index in [-0.39, 0.29) is 11.7 Å². The Balaban J connectivity index is 1.64. The predicted molar refractivity (Wildman–Crippen MR) is 100 cm³/mol. The number of Topliss-reactive ketones (excluding diaryl/α,β-unsaturated/α-hetero) is 1. The number of anilines is 1. The van der Waals surface area contributed by atoms with Gasteiger partial charge in [-0.15, -0.1) is 5.10 Å². The molecule has 0 saturated heterocycles. The number of nitrogens with one attached hydrogen (secondary N) is 2. The molecule has 0 aliphatic heterocycles. The van der Waals surface area contributed by atoms with Crippen LogP contribution in [0.3, 0.4) is 0 Å². The smallest absolute Gasteiger partial charge is 0.237 e. The number of hydrogen-bond acceptors (Lipinski definition) is 6. The van der Waals surface area contributed by atoms with Gasteiger partial charge >= 0.3 is 0 Å². The molecule has 3 aromatic rings. The summed E-state index contributed by atoms with van der Waals surface area (Å²) in [6.45, 7) is 3.26. The molecule has 0 spiro atoms. The zero-order chi connectivity index (χ0) is 18.5. The van der Waals surface area contributed by atoms with Crippen LogP contribution >= 0.6 is 11.8 Å². The fourth-order valence-corrected chi connectivity index (χ4v) is 2.93. The van der Waals surface area contributed by atoms with Crippen LogP contribution in [-0.2, 0) is 4.79 Å². The van der Waals surface area contributed by atoms with Crippen molar-refractivity contribution >= 4 is 29.1 Å². The van der Waals surface area contributed by atoms with Crippen molar-refractivity contribution in [1.82, 2.24) is 20.2 Å². The summed E-state index contributed by atoms with van der Waals surface area (Å²) in [5.41, 5.74) is 2.01. The number of nitrogens with zero attached hydrogens (tertiary/aromatic N) is 3. The van der Waals surface area contributed by atoms with Crippen LogP contribution in [0.25, 0.3) is 11.4 Å². The Labute approximate surface area is 154 Å². The molecule has 2 N–H and O–H groups in total. The summed E-state index contributed by atoms with van der Waals surface area (Å²) in [6, 6.07) is 10.5. The van der Waals surface area contributed by atoms with E-state index in [2.05, 4.69) is 25.5 Å². The van der Waals surface area contributed by atoms with Crippen LogP contribution in [0.5, 0.6) is 0 Å². The number of aromatic nitrogens is 4. The van der Waals surface area contributed by atoms with Gasteiger partial charge in [0.05, 0.1) is 5.25 Å². The van der Waals surface area contributed by atoms with Gasteiger partial charge in [-0.05, 0) is 38.1 Å². The van der Waals surface area contributed by atoms with Crippen LogP contribution in [0.2, 0.25) is 0 Å². The van der Waals surface area contributed by atoms with Crippen molar-refractivity contribution in [2.24, 2.45) is 0 Å². The Bertz CT molecular complexity index is 926. The van der Waals surface area contributed by atoms with Gasteiger partial charge in [0, 0.05) is 29.2 Å². The van der Waals surface area contributed by atoms with Crippen LogP contribution in [0.1, 0.15) is 24.2 Å². The van der Waals surface area contributed by atoms with Gasteiger partial charge in [-0.25, -0.2) is 4.98 Å². The molecule has 26 heavy (non-hydrogen) atoms. The molecule has 1 amide bonds. The van der Waals surface area contributed by atoms with E-state index in [9.17, 15) is 9.59 Å². The Kier molecular flexibility index (Phi) is 5.43. The molecule has 7 nitrogen and oxygen atoms in total. The van der Waals surface area contributed by atoms with Crippen LogP contribution in [0, 0.1) is 0 Å². The SMILES string of the molecule is CC(=O)c1cccc(NC(=O)[C@@H](C)Sc2n[nH]c(-c3ccncc3)n2)c1. The maximum Gasteiger partial charge on any atom is 0.237 e. The highest BCUT2D eigenvalue weighted by molar-refractivity contribution is 8.00. The summed E-state index contributed by atoms with van der Waals surface area (Å²) in [6.07, 6.45) is 3.35. The van der Waals surface area contributed by atoms with Crippen molar-refractivity contribution in [3.8, 4) is 11.4 Å². The largest absolute Gasteiger partial charge is 0.325 e. The fourth-order valence-electron chi connectivity index (χ4n) is 2.21. The summed E-state index contributed by atoms with van der Waals surface area (Å²) in [5.74, 6) is 0.385. The number of carbonyl (C=O) groups excluding carboxylic acids is 2. The quantitative estimate of drug-likeness (QED) is 0.513. The fraction of sp³-hybridized carbons (Fsp3) is 0.167. The second-order valence-electron chi connectivity index (χ2n) is 5.59. The molecule has 2 heterocycles. The summed E-state index contributed by atoms with van der Waals surface area (Å²) in [7, 11) is 0. The molecule has 132 valence electrons. The summed E-state index contributed by atoms with van der Waals surface area (Å²) in [5, 5.41) is 9.89. The van der Waals surface area contributed by atoms with E-state index in [0.29, 0.717) is 22.2 Å². The number of aromatic amines is 1. The lowest BCUT2D eigenvalue weighted by atomic mass is 10.1. The molecular formula is C18H17N5O2S. The minimum atomic E-state index is -0.405. The number of benzene rings is 1. The molecular weight excluding hydrogens is 350 g/mol. The van der Waals surface area contributed by atoms with Gasteiger partial charge in [0.25, 0.3) is 0 Å². The number of carbonyl (C=O) groups is 2. The molecule has 1 atom stereocenters. The van der Waals surface area contributed by atoms with Gasteiger partial charge in [-0.3, -0.25) is 19.7 Å². The van der Waals surface area contributed by atoms with Gasteiger partial charge in [0.2, 0.25) is 11.1 Å². The minimum Gasteiger partial charge on any atom is -0.325 e. The normalized spacial score (nSPS) is 11.8. The number of hydrogen-bond donors (Lipinski definition) is 2. The van der Waals surface area contributed by atoms with Crippen molar-refractivity contribution in [2.75, 3.05) is 5.32 Å². The van der Waals surface area contributed by atoms with Crippen LogP contribution in [-0.4, -0.2) is 37.1 Å². The van der Waals surface area contributed by atoms with E-state index in [0.717, 1.165) is 5.56 Å². The van der Waals surface area contributed by atoms with E-state index >= 15 is 0 Å². The molecule has 0 aliphatic carbocycles. The van der Waals surface area contributed by atoms with E-state index in [4.69, 9.17) is 0 Å². The number of ketones is 1. The summed E-state index contributed by atoms with van der Waals surface area (Å²) < 4.78 is 0. The lowest BCUT2D eigenvalue weighted by molar-refractivity contribution is -0.115. The minimum absolute atomic E-state index is 0.0483. The Hall–Kier alpha value is -3.00. The number of rotatable bonds is 6. The lowest BCUT2D eigenvalue weighted by Crippen LogP contribution is -2.22. The predicted octanol–water partition coefficient (Wildman–Crippen LogP) is 3.19. The Morgan fingerprint density at radius 2 is 1.96 bits per heavy atom. The third kappa shape index (κ3) is 4.34. The van der Waals surface area contributed by atoms with E-state index < -0.39 is 5.25 Å². The second kappa shape index (κ2) is 7.92. The Morgan fingerprint density at radius 3 is 2.69 bits per heavy atom. The van der Waals surface area contributed by atoms with Crippen LogP contribution < -0.4 is 5.32 Å². The molecule has 0 fully saturated rings. The first-order valence-corrected chi connectivity index (χ1v) is 8.82. The Morgan fingerprint density at radius 1 is 1.19 bits per heavy atom. The van der Waals surface area contributed by atoms with Gasteiger partial charge in [-0.2, -0.15) is 0 Å². The molecule has 0 saturated carbocycles. The zero-order valence-electron chi connectivity index (χ0n) is 14.3. The van der Waals surface area contributed by atoms with Crippen molar-refractivity contribution in [1.29, 1.82) is 0 Å². The van der Waals surface area contributed by atoms with Gasteiger partial charge < -0.3 is 5.32 Å². The van der Waals surface area contributed by atoms with E-state index in [1.807, 2.05) is 12.1 Å². The maximum atomic E-state index is 12.4. The monoisotopic (exact) mass is 367 g/mol. The highest BCUT2D eigenvalue weighted by Gasteiger charge is 2.18. The average molecular weight is 367 g/mol. The van der Waals surface area contributed by atoms with E-state index in [1.54, 1.807) is 43.6 Å². The first kappa shape index (κ1) is 17.8. The molecule has 0 radical (unpaired) electrons. The lowest BCUT2D eigenvalue weighted by Gasteiger charge is -2.10. The van der Waals surface area contributed by atoms with Crippen molar-refractivity contribution in [3.63, 3.8) is 0 Å². The van der Waals surface area contributed by atoms with E-state index in [1.165, 1.54) is 18.7 Å².